The van der Waals surface area contributed by atoms with Gasteiger partial charge in [-0.3, -0.25) is 0 Å². The highest BCUT2D eigenvalue weighted by Gasteiger charge is 2.27. The molecule has 1 saturated heterocycles. The summed E-state index contributed by atoms with van der Waals surface area (Å²) in [4.78, 5) is 18.7. The van der Waals surface area contributed by atoms with E-state index in [1.807, 2.05) is 13.0 Å². The topological polar surface area (TPSA) is 78.3 Å². The zero-order chi connectivity index (χ0) is 15.0. The number of aromatic amines is 1. The van der Waals surface area contributed by atoms with Gasteiger partial charge in [0.15, 0.2) is 5.65 Å². The summed E-state index contributed by atoms with van der Waals surface area (Å²) in [5.74, 6) is 1.58. The zero-order valence-corrected chi connectivity index (χ0v) is 12.8. The van der Waals surface area contributed by atoms with Gasteiger partial charge in [0.1, 0.15) is 11.6 Å². The minimum Gasteiger partial charge on any atom is -0.351 e. The minimum absolute atomic E-state index is 0.236. The lowest BCUT2D eigenvalue weighted by atomic mass is 10.1. The molecule has 1 fully saturated rings. The molecular formula is C14H22N6O. The largest absolute Gasteiger partial charge is 0.351 e. The third kappa shape index (κ3) is 2.42. The quantitative estimate of drug-likeness (QED) is 0.869. The number of anilines is 1. The number of nitrogens with zero attached hydrogens (tertiary/aromatic N) is 4. The number of H-pyrrole nitrogens is 1. The summed E-state index contributed by atoms with van der Waals surface area (Å²) in [7, 11) is 0. The summed E-state index contributed by atoms with van der Waals surface area (Å²) in [6.07, 6.45) is 2.15. The van der Waals surface area contributed by atoms with Crippen molar-refractivity contribution < 1.29 is 0 Å². The smallest absolute Gasteiger partial charge is 0.349 e. The maximum atomic E-state index is 11.7. The Morgan fingerprint density at radius 2 is 2.19 bits per heavy atom. The van der Waals surface area contributed by atoms with Crippen molar-refractivity contribution in [3.8, 4) is 0 Å². The minimum atomic E-state index is -0.236. The number of aryl methyl sites for hydroxylation is 1. The van der Waals surface area contributed by atoms with Crippen LogP contribution in [0.3, 0.4) is 0 Å². The van der Waals surface area contributed by atoms with E-state index in [9.17, 15) is 4.79 Å². The first-order valence-corrected chi connectivity index (χ1v) is 7.58. The molecule has 0 aliphatic carbocycles. The Hall–Kier alpha value is -1.89. The lowest BCUT2D eigenvalue weighted by Gasteiger charge is -2.40. The van der Waals surface area contributed by atoms with Gasteiger partial charge in [-0.1, -0.05) is 13.8 Å². The normalized spacial score (nSPS) is 22.9. The van der Waals surface area contributed by atoms with Crippen molar-refractivity contribution in [1.29, 1.82) is 0 Å². The highest BCUT2D eigenvalue weighted by Crippen LogP contribution is 2.21. The first kappa shape index (κ1) is 14.1. The van der Waals surface area contributed by atoms with Crippen molar-refractivity contribution in [3.63, 3.8) is 0 Å². The van der Waals surface area contributed by atoms with E-state index in [-0.39, 0.29) is 5.69 Å². The summed E-state index contributed by atoms with van der Waals surface area (Å²) in [5.41, 5.74) is 0.393. The van der Waals surface area contributed by atoms with E-state index in [1.165, 1.54) is 4.40 Å². The van der Waals surface area contributed by atoms with Crippen LogP contribution in [0.25, 0.3) is 5.65 Å². The van der Waals surface area contributed by atoms with Crippen LogP contribution in [0.1, 0.15) is 32.5 Å². The molecule has 3 rings (SSSR count). The fourth-order valence-corrected chi connectivity index (χ4v) is 3.01. The highest BCUT2D eigenvalue weighted by atomic mass is 16.1. The van der Waals surface area contributed by atoms with Gasteiger partial charge in [-0.25, -0.2) is 19.3 Å². The number of hydrogen-bond acceptors (Lipinski definition) is 5. The predicted molar refractivity (Wildman–Crippen MR) is 81.9 cm³/mol. The van der Waals surface area contributed by atoms with Crippen molar-refractivity contribution in [2.24, 2.45) is 0 Å². The summed E-state index contributed by atoms with van der Waals surface area (Å²) < 4.78 is 1.50. The van der Waals surface area contributed by atoms with E-state index >= 15 is 0 Å². The van der Waals surface area contributed by atoms with Crippen molar-refractivity contribution in [2.75, 3.05) is 18.0 Å². The molecule has 0 amide bonds. The van der Waals surface area contributed by atoms with Gasteiger partial charge in [0.2, 0.25) is 0 Å². The Balaban J connectivity index is 2.02. The Morgan fingerprint density at radius 1 is 1.38 bits per heavy atom. The van der Waals surface area contributed by atoms with Crippen LogP contribution in [-0.2, 0) is 0 Å². The standard InChI is InChI=1S/C14H22N6O/c1-4-10-8-19(11(5-2)7-15-10)12-6-13-17-18-14(21)20(13)9(3)16-12/h6,10-11,15H,4-5,7-8H2,1-3H3,(H,18,21). The van der Waals surface area contributed by atoms with Crippen molar-refractivity contribution in [3.05, 3.63) is 22.4 Å². The third-order valence-corrected chi connectivity index (χ3v) is 4.31. The second kappa shape index (κ2) is 5.48. The van der Waals surface area contributed by atoms with E-state index in [0.717, 1.165) is 31.7 Å². The van der Waals surface area contributed by atoms with E-state index in [0.29, 0.717) is 23.6 Å². The van der Waals surface area contributed by atoms with Crippen LogP contribution in [0.2, 0.25) is 0 Å². The molecule has 1 aliphatic rings. The number of aromatic nitrogens is 4. The number of fused-ring (bicyclic) bond motifs is 1. The maximum absolute atomic E-state index is 11.7. The molecule has 1 aliphatic heterocycles. The van der Waals surface area contributed by atoms with Crippen LogP contribution in [0.4, 0.5) is 5.82 Å². The van der Waals surface area contributed by atoms with Gasteiger partial charge in [-0.05, 0) is 19.8 Å². The molecule has 2 unspecified atom stereocenters. The van der Waals surface area contributed by atoms with Crippen molar-refractivity contribution in [1.82, 2.24) is 24.9 Å². The molecule has 0 saturated carbocycles. The monoisotopic (exact) mass is 290 g/mol. The molecule has 21 heavy (non-hydrogen) atoms. The van der Waals surface area contributed by atoms with Gasteiger partial charge in [-0.15, -0.1) is 0 Å². The number of piperazine rings is 1. The molecule has 7 heteroatoms. The van der Waals surface area contributed by atoms with Gasteiger partial charge in [0, 0.05) is 31.2 Å². The van der Waals surface area contributed by atoms with Crippen molar-refractivity contribution >= 4 is 11.5 Å². The van der Waals surface area contributed by atoms with Gasteiger partial charge in [0.25, 0.3) is 0 Å². The highest BCUT2D eigenvalue weighted by molar-refractivity contribution is 5.52. The maximum Gasteiger partial charge on any atom is 0.349 e. The molecule has 2 aromatic heterocycles. The first-order chi connectivity index (χ1) is 10.1. The lowest BCUT2D eigenvalue weighted by molar-refractivity contribution is 0.376. The van der Waals surface area contributed by atoms with Gasteiger partial charge < -0.3 is 10.2 Å². The number of rotatable bonds is 3. The van der Waals surface area contributed by atoms with Crippen molar-refractivity contribution in [2.45, 2.75) is 45.7 Å². The van der Waals surface area contributed by atoms with Crippen LogP contribution < -0.4 is 15.9 Å². The number of nitrogens with one attached hydrogen (secondary N) is 2. The van der Waals surface area contributed by atoms with Gasteiger partial charge in [0.05, 0.1) is 0 Å². The fraction of sp³-hybridized carbons (Fsp3) is 0.643. The molecule has 2 N–H and O–H groups in total. The lowest BCUT2D eigenvalue weighted by Crippen LogP contribution is -2.56. The third-order valence-electron chi connectivity index (χ3n) is 4.31. The van der Waals surface area contributed by atoms with E-state index in [2.05, 4.69) is 39.2 Å². The summed E-state index contributed by atoms with van der Waals surface area (Å²) in [5, 5.41) is 10.1. The summed E-state index contributed by atoms with van der Waals surface area (Å²) in [6, 6.07) is 2.80. The Morgan fingerprint density at radius 3 is 2.90 bits per heavy atom. The molecule has 0 aromatic carbocycles. The summed E-state index contributed by atoms with van der Waals surface area (Å²) >= 11 is 0. The average Bonchev–Trinajstić information content (AvgIpc) is 2.88. The van der Waals surface area contributed by atoms with Crippen LogP contribution in [0.15, 0.2) is 10.9 Å². The Labute approximate surface area is 123 Å². The van der Waals surface area contributed by atoms with E-state index < -0.39 is 0 Å². The molecule has 2 atom stereocenters. The Kier molecular flexibility index (Phi) is 3.67. The van der Waals surface area contributed by atoms with Gasteiger partial charge in [-0.2, -0.15) is 5.10 Å². The Bertz CT molecular complexity index is 690. The second-order valence-corrected chi connectivity index (χ2v) is 5.61. The molecule has 2 aromatic rings. The summed E-state index contributed by atoms with van der Waals surface area (Å²) in [6.45, 7) is 8.13. The molecule has 3 heterocycles. The molecular weight excluding hydrogens is 268 g/mol. The van der Waals surface area contributed by atoms with Crippen LogP contribution in [0, 0.1) is 6.92 Å². The van der Waals surface area contributed by atoms with Gasteiger partial charge >= 0.3 is 5.69 Å². The second-order valence-electron chi connectivity index (χ2n) is 5.61. The average molecular weight is 290 g/mol. The molecule has 0 bridgehead atoms. The molecule has 0 spiro atoms. The van der Waals surface area contributed by atoms with E-state index in [1.54, 1.807) is 0 Å². The number of hydrogen-bond donors (Lipinski definition) is 2. The SMILES string of the molecule is CCC1CN(c2cc3n[nH]c(=O)n3c(C)n2)C(CC)CN1. The van der Waals surface area contributed by atoms with Crippen LogP contribution in [0.5, 0.6) is 0 Å². The van der Waals surface area contributed by atoms with Crippen LogP contribution >= 0.6 is 0 Å². The predicted octanol–water partition coefficient (Wildman–Crippen LogP) is 0.693. The molecule has 0 radical (unpaired) electrons. The van der Waals surface area contributed by atoms with E-state index in [4.69, 9.17) is 0 Å². The zero-order valence-electron chi connectivity index (χ0n) is 12.8. The fourth-order valence-electron chi connectivity index (χ4n) is 3.01. The first-order valence-electron chi connectivity index (χ1n) is 7.58. The van der Waals surface area contributed by atoms with Crippen LogP contribution in [-0.4, -0.2) is 44.8 Å². The molecule has 7 nitrogen and oxygen atoms in total. The molecule has 114 valence electrons.